The van der Waals surface area contributed by atoms with Gasteiger partial charge in [-0.15, -0.1) is 0 Å². The van der Waals surface area contributed by atoms with Crippen molar-refractivity contribution in [3.8, 4) is 0 Å². The summed E-state index contributed by atoms with van der Waals surface area (Å²) >= 11 is 0. The molecule has 3 aromatic rings. The second-order valence-electron chi connectivity index (χ2n) is 5.05. The third-order valence-corrected chi connectivity index (χ3v) is 3.70. The topological polar surface area (TPSA) is 88.7 Å². The first-order valence-electron chi connectivity index (χ1n) is 6.99. The van der Waals surface area contributed by atoms with Crippen LogP contribution in [0.5, 0.6) is 0 Å². The maximum Gasteiger partial charge on any atom is 0.374 e. The zero-order valence-electron chi connectivity index (χ0n) is 11.7. The number of hydrogen-bond acceptors (Lipinski definition) is 6. The number of fused-ring (bicyclic) bond motifs is 3. The lowest BCUT2D eigenvalue weighted by Crippen LogP contribution is -2.37. The fourth-order valence-corrected chi connectivity index (χ4v) is 2.66. The lowest BCUT2D eigenvalue weighted by atomic mass is 10.2. The van der Waals surface area contributed by atoms with Gasteiger partial charge in [0.15, 0.2) is 11.4 Å². The largest absolute Gasteiger partial charge is 0.475 e. The maximum atomic E-state index is 11.3. The van der Waals surface area contributed by atoms with E-state index in [0.29, 0.717) is 48.8 Å². The van der Waals surface area contributed by atoms with E-state index in [9.17, 15) is 9.90 Å². The summed E-state index contributed by atoms with van der Waals surface area (Å²) in [6.07, 6.45) is 0. The molecule has 7 heteroatoms. The minimum Gasteiger partial charge on any atom is -0.475 e. The van der Waals surface area contributed by atoms with E-state index in [0.717, 1.165) is 5.39 Å². The minimum atomic E-state index is -1.15. The smallest absolute Gasteiger partial charge is 0.374 e. The van der Waals surface area contributed by atoms with Gasteiger partial charge in [0.25, 0.3) is 0 Å². The molecule has 0 amide bonds. The van der Waals surface area contributed by atoms with Crippen molar-refractivity contribution in [1.29, 1.82) is 0 Å². The quantitative estimate of drug-likeness (QED) is 0.773. The Morgan fingerprint density at radius 1 is 1.18 bits per heavy atom. The highest BCUT2D eigenvalue weighted by Gasteiger charge is 2.23. The van der Waals surface area contributed by atoms with Gasteiger partial charge in [-0.2, -0.15) is 0 Å². The number of aromatic nitrogens is 2. The molecule has 2 aromatic heterocycles. The van der Waals surface area contributed by atoms with Crippen LogP contribution in [0.25, 0.3) is 22.1 Å². The number of para-hydroxylation sites is 1. The Balaban J connectivity index is 2.01. The fraction of sp³-hybridized carbons (Fsp3) is 0.267. The first-order chi connectivity index (χ1) is 10.7. The van der Waals surface area contributed by atoms with E-state index in [1.165, 1.54) is 0 Å². The van der Waals surface area contributed by atoms with E-state index in [-0.39, 0.29) is 5.82 Å². The standard InChI is InChI=1S/C15H13N3O4/c19-15(20)13-16-11-9-3-1-2-4-10(9)22-12(11)14(17-13)18-5-7-21-8-6-18/h1-4H,5-8H2,(H,19,20). The number of benzene rings is 1. The molecule has 1 N–H and O–H groups in total. The van der Waals surface area contributed by atoms with Crippen LogP contribution in [0.2, 0.25) is 0 Å². The molecule has 0 unspecified atom stereocenters. The molecule has 0 radical (unpaired) electrons. The van der Waals surface area contributed by atoms with Gasteiger partial charge < -0.3 is 19.2 Å². The van der Waals surface area contributed by atoms with E-state index in [1.807, 2.05) is 29.2 Å². The van der Waals surface area contributed by atoms with Crippen LogP contribution >= 0.6 is 0 Å². The van der Waals surface area contributed by atoms with Crippen LogP contribution in [0.1, 0.15) is 10.6 Å². The van der Waals surface area contributed by atoms with E-state index in [2.05, 4.69) is 9.97 Å². The summed E-state index contributed by atoms with van der Waals surface area (Å²) < 4.78 is 11.2. The number of nitrogens with zero attached hydrogens (tertiary/aromatic N) is 3. The molecule has 4 rings (SSSR count). The molecular weight excluding hydrogens is 286 g/mol. The molecule has 112 valence electrons. The average molecular weight is 299 g/mol. The van der Waals surface area contributed by atoms with Crippen LogP contribution in [-0.4, -0.2) is 47.3 Å². The first kappa shape index (κ1) is 13.0. The van der Waals surface area contributed by atoms with Crippen molar-refractivity contribution >= 4 is 33.9 Å². The molecule has 1 aliphatic heterocycles. The molecule has 22 heavy (non-hydrogen) atoms. The second-order valence-corrected chi connectivity index (χ2v) is 5.05. The zero-order chi connectivity index (χ0) is 15.1. The summed E-state index contributed by atoms with van der Waals surface area (Å²) in [5.41, 5.74) is 1.72. The van der Waals surface area contributed by atoms with Crippen molar-refractivity contribution in [3.63, 3.8) is 0 Å². The maximum absolute atomic E-state index is 11.3. The molecule has 0 spiro atoms. The molecule has 3 heterocycles. The van der Waals surface area contributed by atoms with Crippen LogP contribution < -0.4 is 4.90 Å². The van der Waals surface area contributed by atoms with Crippen molar-refractivity contribution in [2.75, 3.05) is 31.2 Å². The molecule has 7 nitrogen and oxygen atoms in total. The Morgan fingerprint density at radius 2 is 1.95 bits per heavy atom. The third kappa shape index (κ3) is 1.98. The van der Waals surface area contributed by atoms with Gasteiger partial charge in [-0.25, -0.2) is 14.8 Å². The Bertz CT molecular complexity index is 868. The summed E-state index contributed by atoms with van der Waals surface area (Å²) in [7, 11) is 0. The molecule has 1 aromatic carbocycles. The van der Waals surface area contributed by atoms with Crippen LogP contribution in [0.15, 0.2) is 28.7 Å². The average Bonchev–Trinajstić information content (AvgIpc) is 2.93. The number of aromatic carboxylic acids is 1. The number of carboxylic acid groups (broad SMARTS) is 1. The molecule has 1 fully saturated rings. The molecule has 0 bridgehead atoms. The summed E-state index contributed by atoms with van der Waals surface area (Å²) in [6, 6.07) is 7.43. The summed E-state index contributed by atoms with van der Waals surface area (Å²) in [5, 5.41) is 10.1. The highest BCUT2D eigenvalue weighted by atomic mass is 16.5. The van der Waals surface area contributed by atoms with Gasteiger partial charge in [-0.3, -0.25) is 0 Å². The monoisotopic (exact) mass is 299 g/mol. The number of carboxylic acids is 1. The third-order valence-electron chi connectivity index (χ3n) is 3.70. The number of morpholine rings is 1. The van der Waals surface area contributed by atoms with Crippen molar-refractivity contribution in [2.45, 2.75) is 0 Å². The van der Waals surface area contributed by atoms with Crippen LogP contribution in [0.4, 0.5) is 5.82 Å². The summed E-state index contributed by atoms with van der Waals surface area (Å²) in [4.78, 5) is 21.7. The number of carbonyl (C=O) groups is 1. The van der Waals surface area contributed by atoms with E-state index >= 15 is 0 Å². The van der Waals surface area contributed by atoms with E-state index in [4.69, 9.17) is 9.15 Å². The van der Waals surface area contributed by atoms with Crippen molar-refractivity contribution in [2.24, 2.45) is 0 Å². The lowest BCUT2D eigenvalue weighted by molar-refractivity contribution is 0.0684. The van der Waals surface area contributed by atoms with Gasteiger partial charge in [0.2, 0.25) is 5.82 Å². The van der Waals surface area contributed by atoms with E-state index < -0.39 is 5.97 Å². The van der Waals surface area contributed by atoms with Crippen LogP contribution in [-0.2, 0) is 4.74 Å². The van der Waals surface area contributed by atoms with Crippen molar-refractivity contribution in [1.82, 2.24) is 9.97 Å². The SMILES string of the molecule is O=C(O)c1nc(N2CCOCC2)c2oc3ccccc3c2n1. The predicted molar refractivity (Wildman–Crippen MR) is 79.3 cm³/mol. The van der Waals surface area contributed by atoms with Gasteiger partial charge in [0, 0.05) is 18.5 Å². The first-order valence-corrected chi connectivity index (χ1v) is 6.99. The number of furan rings is 1. The minimum absolute atomic E-state index is 0.222. The number of hydrogen-bond donors (Lipinski definition) is 1. The number of anilines is 1. The molecule has 1 saturated heterocycles. The van der Waals surface area contributed by atoms with Gasteiger partial charge in [-0.1, -0.05) is 12.1 Å². The highest BCUT2D eigenvalue weighted by Crippen LogP contribution is 2.33. The van der Waals surface area contributed by atoms with E-state index in [1.54, 1.807) is 0 Å². The molecular formula is C15H13N3O4. The Labute approximate surface area is 125 Å². The van der Waals surface area contributed by atoms with Gasteiger partial charge >= 0.3 is 5.97 Å². The van der Waals surface area contributed by atoms with Crippen LogP contribution in [0, 0.1) is 0 Å². The Morgan fingerprint density at radius 3 is 2.73 bits per heavy atom. The normalized spacial score (nSPS) is 15.5. The molecule has 1 aliphatic rings. The Kier molecular flexibility index (Phi) is 2.93. The predicted octanol–water partition coefficient (Wildman–Crippen LogP) is 1.91. The summed E-state index contributed by atoms with van der Waals surface area (Å²) in [5.74, 6) is -0.857. The molecule has 0 atom stereocenters. The van der Waals surface area contributed by atoms with Crippen LogP contribution in [0.3, 0.4) is 0 Å². The second kappa shape index (κ2) is 4.96. The zero-order valence-corrected chi connectivity index (χ0v) is 11.7. The van der Waals surface area contributed by atoms with Gasteiger partial charge in [-0.05, 0) is 12.1 Å². The van der Waals surface area contributed by atoms with Crippen molar-refractivity contribution in [3.05, 3.63) is 30.1 Å². The number of ether oxygens (including phenoxy) is 1. The molecule has 0 aliphatic carbocycles. The Hall–Kier alpha value is -2.67. The highest BCUT2D eigenvalue weighted by molar-refractivity contribution is 6.06. The molecule has 0 saturated carbocycles. The summed E-state index contributed by atoms with van der Waals surface area (Å²) in [6.45, 7) is 2.44. The van der Waals surface area contributed by atoms with Crippen molar-refractivity contribution < 1.29 is 19.1 Å². The van der Waals surface area contributed by atoms with Gasteiger partial charge in [0.1, 0.15) is 11.1 Å². The fourth-order valence-electron chi connectivity index (χ4n) is 2.66. The van der Waals surface area contributed by atoms with Gasteiger partial charge in [0.05, 0.1) is 13.2 Å². The number of rotatable bonds is 2. The lowest BCUT2D eigenvalue weighted by Gasteiger charge is -2.27.